The van der Waals surface area contributed by atoms with Crippen molar-refractivity contribution in [1.29, 1.82) is 10.5 Å². The molecule has 298 valence electrons. The summed E-state index contributed by atoms with van der Waals surface area (Å²) in [6, 6.07) is 39.2. The number of hydrogen-bond acceptors (Lipinski definition) is 12. The number of methoxy groups -OCH3 is 2. The molecule has 0 saturated carbocycles. The van der Waals surface area contributed by atoms with E-state index < -0.39 is 44.2 Å². The van der Waals surface area contributed by atoms with Gasteiger partial charge < -0.3 is 37.8 Å². The molecule has 15 heteroatoms. The number of benzene rings is 4. The van der Waals surface area contributed by atoms with E-state index in [4.69, 9.17) is 43.0 Å². The van der Waals surface area contributed by atoms with E-state index in [1.165, 1.54) is 16.8 Å². The number of hydrogen-bond donors (Lipinski definition) is 1. The summed E-state index contributed by atoms with van der Waals surface area (Å²) >= 11 is 0. The summed E-state index contributed by atoms with van der Waals surface area (Å²) in [6.45, 7) is 0.0259. The zero-order valence-corrected chi connectivity index (χ0v) is 32.8. The fourth-order valence-electron chi connectivity index (χ4n) is 6.43. The van der Waals surface area contributed by atoms with Gasteiger partial charge in [0.25, 0.3) is 5.91 Å². The van der Waals surface area contributed by atoms with E-state index in [-0.39, 0.29) is 44.9 Å². The van der Waals surface area contributed by atoms with Crippen molar-refractivity contribution >= 4 is 20.3 Å². The summed E-state index contributed by atoms with van der Waals surface area (Å²) in [4.78, 5) is 30.4. The lowest BCUT2D eigenvalue weighted by Gasteiger charge is -2.37. The van der Waals surface area contributed by atoms with Crippen LogP contribution in [0, 0.1) is 22.7 Å². The van der Waals surface area contributed by atoms with Crippen LogP contribution in [0.15, 0.2) is 126 Å². The molecule has 2 heterocycles. The van der Waals surface area contributed by atoms with Gasteiger partial charge in [-0.25, -0.2) is 4.79 Å². The highest BCUT2D eigenvalue weighted by Gasteiger charge is 2.44. The Hall–Kier alpha value is -5.96. The quantitative estimate of drug-likeness (QED) is 0.0502. The van der Waals surface area contributed by atoms with Gasteiger partial charge in [0.2, 0.25) is 0 Å². The van der Waals surface area contributed by atoms with Crippen molar-refractivity contribution in [2.24, 2.45) is 0 Å². The molecule has 1 N–H and O–H groups in total. The Bertz CT molecular complexity index is 2160. The number of nitriles is 2. The van der Waals surface area contributed by atoms with Gasteiger partial charge in [-0.05, 0) is 59.2 Å². The SMILES string of the molecule is COc1ccc(C(OC[C@@H]2O[C@H](n3ccc(NC(=O)c4ccccc4)nc3=O)C[C@H]2OP(OCCC#N)OCCC#N)(c2ccccc2)c2ccc(OC)cc2)cc1. The normalized spacial score (nSPS) is 16.3. The van der Waals surface area contributed by atoms with Gasteiger partial charge in [0.1, 0.15) is 35.2 Å². The maximum Gasteiger partial charge on any atom is 0.351 e. The molecule has 1 fully saturated rings. The van der Waals surface area contributed by atoms with E-state index >= 15 is 0 Å². The van der Waals surface area contributed by atoms with Crippen LogP contribution in [0.5, 0.6) is 11.5 Å². The summed E-state index contributed by atoms with van der Waals surface area (Å²) in [5.74, 6) is 1.00. The highest BCUT2D eigenvalue weighted by Crippen LogP contribution is 2.47. The van der Waals surface area contributed by atoms with Crippen LogP contribution in [-0.2, 0) is 28.6 Å². The van der Waals surface area contributed by atoms with Crippen LogP contribution >= 0.6 is 8.60 Å². The Balaban J connectivity index is 1.35. The van der Waals surface area contributed by atoms with E-state index in [9.17, 15) is 9.59 Å². The standard InChI is InChI=1S/C43H42N5O9P/c1-51-35-19-15-33(16-20-35)43(32-13-7-4-8-14-32,34-17-21-36(52-2)22-18-34)53-30-38-37(57-58(54-27-9-24-44)55-28-10-25-45)29-40(56-38)48-26-23-39(47-42(48)50)46-41(49)31-11-5-3-6-12-31/h3-8,11-23,26,37-38,40H,9-10,27-30H2,1-2H3,(H,46,47,49,50)/t37-,38+,40+/m1/s1. The molecule has 1 saturated heterocycles. The third kappa shape index (κ3) is 10.1. The molecule has 0 spiro atoms. The maximum absolute atomic E-state index is 13.5. The molecular formula is C43H42N5O9P. The van der Waals surface area contributed by atoms with Crippen LogP contribution in [0.4, 0.5) is 5.82 Å². The lowest BCUT2D eigenvalue weighted by atomic mass is 9.80. The zero-order chi connectivity index (χ0) is 40.7. The maximum atomic E-state index is 13.5. The van der Waals surface area contributed by atoms with E-state index in [1.807, 2.05) is 91.0 Å². The molecule has 6 rings (SSSR count). The number of amides is 1. The minimum Gasteiger partial charge on any atom is -0.497 e. The monoisotopic (exact) mass is 803 g/mol. The Kier molecular flexibility index (Phi) is 14.7. The smallest absolute Gasteiger partial charge is 0.351 e. The molecule has 5 aromatic rings. The van der Waals surface area contributed by atoms with Crippen LogP contribution in [-0.4, -0.2) is 61.7 Å². The van der Waals surface area contributed by atoms with E-state index in [0.29, 0.717) is 17.1 Å². The van der Waals surface area contributed by atoms with Crippen molar-refractivity contribution in [3.8, 4) is 23.6 Å². The van der Waals surface area contributed by atoms with E-state index in [0.717, 1.165) is 16.7 Å². The minimum absolute atomic E-state index is 0.0402. The first kappa shape index (κ1) is 41.7. The summed E-state index contributed by atoms with van der Waals surface area (Å²) in [6.07, 6.45) is -0.602. The average Bonchev–Trinajstić information content (AvgIpc) is 3.66. The average molecular weight is 804 g/mol. The van der Waals surface area contributed by atoms with Gasteiger partial charge in [-0.3, -0.25) is 9.36 Å². The second kappa shape index (κ2) is 20.5. The van der Waals surface area contributed by atoms with Gasteiger partial charge >= 0.3 is 14.3 Å². The summed E-state index contributed by atoms with van der Waals surface area (Å²) in [5, 5.41) is 21.0. The fourth-order valence-corrected chi connectivity index (χ4v) is 7.55. The number of nitrogens with one attached hydrogen (secondary N) is 1. The van der Waals surface area contributed by atoms with Crippen molar-refractivity contribution in [3.63, 3.8) is 0 Å². The van der Waals surface area contributed by atoms with Gasteiger partial charge in [0.05, 0.1) is 65.1 Å². The highest BCUT2D eigenvalue weighted by atomic mass is 31.2. The fraction of sp³-hybridized carbons (Fsp3) is 0.279. The van der Waals surface area contributed by atoms with Crippen molar-refractivity contribution in [2.45, 2.75) is 43.3 Å². The Labute approximate surface area is 337 Å². The molecule has 1 aliphatic rings. The molecule has 1 aromatic heterocycles. The highest BCUT2D eigenvalue weighted by molar-refractivity contribution is 7.41. The van der Waals surface area contributed by atoms with Crippen molar-refractivity contribution in [1.82, 2.24) is 9.55 Å². The summed E-state index contributed by atoms with van der Waals surface area (Å²) in [7, 11) is 1.15. The third-order valence-electron chi connectivity index (χ3n) is 9.28. The van der Waals surface area contributed by atoms with Crippen LogP contribution < -0.4 is 20.5 Å². The molecule has 0 aliphatic carbocycles. The molecular weight excluding hydrogens is 761 g/mol. The molecule has 14 nitrogen and oxygen atoms in total. The Morgan fingerprint density at radius 1 is 0.828 bits per heavy atom. The topological polar surface area (TPSA) is 176 Å². The Morgan fingerprint density at radius 3 is 1.91 bits per heavy atom. The van der Waals surface area contributed by atoms with Gasteiger partial charge in [-0.2, -0.15) is 15.5 Å². The third-order valence-corrected chi connectivity index (χ3v) is 10.5. The summed E-state index contributed by atoms with van der Waals surface area (Å²) < 4.78 is 44.2. The number of anilines is 1. The number of nitrogens with zero attached hydrogens (tertiary/aromatic N) is 4. The number of rotatable bonds is 19. The van der Waals surface area contributed by atoms with E-state index in [1.54, 1.807) is 44.6 Å². The Morgan fingerprint density at radius 2 is 1.38 bits per heavy atom. The number of aromatic nitrogens is 2. The van der Waals surface area contributed by atoms with Crippen LogP contribution in [0.3, 0.4) is 0 Å². The van der Waals surface area contributed by atoms with Gasteiger partial charge in [0, 0.05) is 18.2 Å². The van der Waals surface area contributed by atoms with Crippen molar-refractivity contribution < 1.29 is 37.3 Å². The van der Waals surface area contributed by atoms with Crippen LogP contribution in [0.25, 0.3) is 0 Å². The second-order valence-electron chi connectivity index (χ2n) is 12.9. The molecule has 0 unspecified atom stereocenters. The molecule has 4 aromatic carbocycles. The van der Waals surface area contributed by atoms with Gasteiger partial charge in [0.15, 0.2) is 0 Å². The first-order chi connectivity index (χ1) is 28.4. The first-order valence-electron chi connectivity index (χ1n) is 18.4. The largest absolute Gasteiger partial charge is 0.497 e. The molecule has 0 bridgehead atoms. The van der Waals surface area contributed by atoms with Crippen LogP contribution in [0.1, 0.15) is 52.5 Å². The number of ether oxygens (including phenoxy) is 4. The predicted octanol–water partition coefficient (Wildman–Crippen LogP) is 7.28. The zero-order valence-electron chi connectivity index (χ0n) is 31.9. The van der Waals surface area contributed by atoms with Gasteiger partial charge in [-0.1, -0.05) is 72.8 Å². The predicted molar refractivity (Wildman–Crippen MR) is 214 cm³/mol. The molecule has 58 heavy (non-hydrogen) atoms. The lowest BCUT2D eigenvalue weighted by molar-refractivity contribution is -0.0930. The molecule has 0 radical (unpaired) electrons. The van der Waals surface area contributed by atoms with Crippen molar-refractivity contribution in [3.05, 3.63) is 154 Å². The van der Waals surface area contributed by atoms with E-state index in [2.05, 4.69) is 10.3 Å². The molecule has 1 amide bonds. The number of carbonyl (C=O) groups excluding carboxylic acids is 1. The van der Waals surface area contributed by atoms with Crippen molar-refractivity contribution in [2.75, 3.05) is 39.4 Å². The van der Waals surface area contributed by atoms with Crippen LogP contribution in [0.2, 0.25) is 0 Å². The first-order valence-corrected chi connectivity index (χ1v) is 19.5. The molecule has 3 atom stereocenters. The molecule has 1 aliphatic heterocycles. The summed E-state index contributed by atoms with van der Waals surface area (Å²) in [5.41, 5.74) is 0.980. The van der Waals surface area contributed by atoms with Gasteiger partial charge in [-0.15, -0.1) is 0 Å². The second-order valence-corrected chi connectivity index (χ2v) is 14.0. The minimum atomic E-state index is -2.05. The lowest BCUT2D eigenvalue weighted by Crippen LogP contribution is -2.38. The number of carbonyl (C=O) groups is 1.